The third-order valence-electron chi connectivity index (χ3n) is 15.1. The summed E-state index contributed by atoms with van der Waals surface area (Å²) in [5.74, 6) is -4.44. The van der Waals surface area contributed by atoms with E-state index in [1.54, 1.807) is 73.8 Å². The Morgan fingerprint density at radius 3 is 1.11 bits per heavy atom. The van der Waals surface area contributed by atoms with Crippen LogP contribution in [0.15, 0.2) is 95.7 Å². The third-order valence-corrected chi connectivity index (χ3v) is 22.3. The fourth-order valence-corrected chi connectivity index (χ4v) is 19.1. The number of thiophene rings is 4. The van der Waals surface area contributed by atoms with Crippen molar-refractivity contribution in [3.63, 3.8) is 0 Å². The molecule has 8 atom stereocenters. The minimum atomic E-state index is -1.54. The normalized spacial score (nSPS) is 31.1. The molecule has 16 heteroatoms. The number of aromatic nitrogens is 4. The highest BCUT2D eigenvalue weighted by Crippen LogP contribution is 2.84. The minimum Gasteiger partial charge on any atom is -0.349 e. The molecule has 4 bridgehead atoms. The SMILES string of the molecule is COC1(OC)[C@@]2(Cl)c3nc4cc(-c5ccc(-c6cccs6)s5)ccc4nc3[C@]1(Cl)[C@@H]1C[C@H]3[C@@H](C[C@@H]12)[C@@]1(Cl)c2nc4cc(-c5ccc(-c6cccs6)s5)ccc4nc2[C@]3(Cl)C1(OC)OC. The molecule has 0 N–H and O–H groups in total. The maximum atomic E-state index is 8.23. The number of benzene rings is 2. The van der Waals surface area contributed by atoms with E-state index in [2.05, 4.69) is 83.6 Å². The molecule has 8 aromatic rings. The quantitative estimate of drug-likeness (QED) is 0.110. The Kier molecular flexibility index (Phi) is 8.85. The van der Waals surface area contributed by atoms with E-state index in [-0.39, 0.29) is 23.7 Å². The van der Waals surface area contributed by atoms with Gasteiger partial charge < -0.3 is 18.9 Å². The van der Waals surface area contributed by atoms with Crippen LogP contribution in [0.1, 0.15) is 35.6 Å². The van der Waals surface area contributed by atoms with Crippen LogP contribution in [0.2, 0.25) is 0 Å². The van der Waals surface area contributed by atoms with Crippen LogP contribution >= 0.6 is 91.8 Å². The number of nitrogens with zero attached hydrogens (tertiary/aromatic N) is 4. The van der Waals surface area contributed by atoms with E-state index in [1.165, 1.54) is 19.5 Å². The van der Waals surface area contributed by atoms with E-state index >= 15 is 0 Å². The van der Waals surface area contributed by atoms with Crippen LogP contribution in [0.4, 0.5) is 0 Å². The highest BCUT2D eigenvalue weighted by molar-refractivity contribution is 7.23. The van der Waals surface area contributed by atoms with Crippen LogP contribution < -0.4 is 0 Å². The Bertz CT molecular complexity index is 3020. The second-order valence-electron chi connectivity index (χ2n) is 17.3. The zero-order valence-electron chi connectivity index (χ0n) is 34.5. The maximum Gasteiger partial charge on any atom is 0.219 e. The van der Waals surface area contributed by atoms with Gasteiger partial charge in [-0.3, -0.25) is 0 Å². The van der Waals surface area contributed by atoms with Crippen LogP contribution in [0, 0.1) is 23.7 Å². The molecular formula is C48H36Cl4N4O4S4. The monoisotopic (exact) mass is 1000 g/mol. The number of hydrogen-bond acceptors (Lipinski definition) is 12. The number of fused-ring (bicyclic) bond motifs is 18. The zero-order chi connectivity index (χ0) is 43.8. The summed E-state index contributed by atoms with van der Waals surface area (Å²) in [4.78, 5) is 23.0. The molecule has 2 aromatic carbocycles. The van der Waals surface area contributed by atoms with Crippen molar-refractivity contribution in [1.82, 2.24) is 19.9 Å². The summed E-state index contributed by atoms with van der Waals surface area (Å²) in [6.45, 7) is 0. The first-order valence-corrected chi connectivity index (χ1v) is 25.8. The van der Waals surface area contributed by atoms with Crippen LogP contribution in [0.5, 0.6) is 0 Å². The van der Waals surface area contributed by atoms with Crippen molar-refractivity contribution in [3.05, 3.63) is 118 Å². The predicted molar refractivity (Wildman–Crippen MR) is 259 cm³/mol. The predicted octanol–water partition coefficient (Wildman–Crippen LogP) is 13.2. The Morgan fingerprint density at radius 1 is 0.438 bits per heavy atom. The molecule has 0 unspecified atom stereocenters. The van der Waals surface area contributed by atoms with Crippen molar-refractivity contribution < 1.29 is 18.9 Å². The van der Waals surface area contributed by atoms with Gasteiger partial charge in [-0.05, 0) is 119 Å². The average molecular weight is 1000 g/mol. The first-order chi connectivity index (χ1) is 30.9. The maximum absolute atomic E-state index is 8.23. The third kappa shape index (κ3) is 4.62. The first kappa shape index (κ1) is 41.1. The molecule has 5 aliphatic rings. The van der Waals surface area contributed by atoms with E-state index in [0.717, 1.165) is 20.9 Å². The van der Waals surface area contributed by atoms with Gasteiger partial charge in [0.25, 0.3) is 0 Å². The summed E-state index contributed by atoms with van der Waals surface area (Å²) in [7, 11) is 6.39. The van der Waals surface area contributed by atoms with Gasteiger partial charge in [0.1, 0.15) is 19.5 Å². The van der Waals surface area contributed by atoms with E-state index < -0.39 is 31.1 Å². The van der Waals surface area contributed by atoms with Gasteiger partial charge >= 0.3 is 0 Å². The summed E-state index contributed by atoms with van der Waals surface area (Å²) < 4.78 is 25.9. The Hall–Kier alpha value is -3.08. The smallest absolute Gasteiger partial charge is 0.219 e. The van der Waals surface area contributed by atoms with Crippen molar-refractivity contribution >= 4 is 114 Å². The van der Waals surface area contributed by atoms with Crippen LogP contribution in [0.25, 0.3) is 62.5 Å². The summed E-state index contributed by atoms with van der Waals surface area (Å²) in [6, 6.07) is 29.4. The van der Waals surface area contributed by atoms with Gasteiger partial charge in [-0.15, -0.1) is 91.8 Å². The van der Waals surface area contributed by atoms with Crippen LogP contribution in [0.3, 0.4) is 0 Å². The summed E-state index contributed by atoms with van der Waals surface area (Å²) in [5.41, 5.74) is 7.08. The molecule has 13 rings (SSSR count). The van der Waals surface area contributed by atoms with Gasteiger partial charge in [0.2, 0.25) is 11.6 Å². The summed E-state index contributed by atoms with van der Waals surface area (Å²) in [6.07, 6.45) is 0.939. The molecule has 5 aliphatic carbocycles. The summed E-state index contributed by atoms with van der Waals surface area (Å²) >= 11 is 39.8. The lowest BCUT2D eigenvalue weighted by molar-refractivity contribution is -0.241. The number of ether oxygens (including phenoxy) is 4. The van der Waals surface area contributed by atoms with Crippen molar-refractivity contribution in [2.24, 2.45) is 23.7 Å². The Morgan fingerprint density at radius 2 is 0.781 bits per heavy atom. The van der Waals surface area contributed by atoms with Gasteiger partial charge in [0.05, 0.1) is 44.8 Å². The molecule has 3 saturated carbocycles. The van der Waals surface area contributed by atoms with Crippen molar-refractivity contribution in [1.29, 1.82) is 0 Å². The average Bonchev–Trinajstić information content (AvgIpc) is 4.19. The first-order valence-electron chi connectivity index (χ1n) is 20.9. The van der Waals surface area contributed by atoms with Crippen LogP contribution in [-0.2, 0) is 38.4 Å². The molecule has 3 fully saturated rings. The lowest BCUT2D eigenvalue weighted by Crippen LogP contribution is -2.54. The zero-order valence-corrected chi connectivity index (χ0v) is 40.8. The highest BCUT2D eigenvalue weighted by Gasteiger charge is 2.91. The minimum absolute atomic E-state index is 0.334. The highest BCUT2D eigenvalue weighted by atomic mass is 35.5. The standard InChI is InChI=1S/C48H36Cl4N4O4S4/c1-57-47(58-2)43(49)25-21-26-28(22-27(25)45(47,51)41-39(43)53-29-11-9-23(19-31(29)55-41)33-13-15-37(63-33)35-7-5-17-61-35)46(52)42-40(44(26,50)48(46,59-3)60-4)54-30-12-10-24(20-32(30)56-42)34-14-16-38(64-34)36-8-6-18-62-36/h5-20,25-28H,21-22H2,1-4H3/t25-,26+,27+,28-,43-,44+,45+,46-. The van der Waals surface area contributed by atoms with Gasteiger partial charge in [-0.2, -0.15) is 0 Å². The van der Waals surface area contributed by atoms with E-state index in [4.69, 9.17) is 85.3 Å². The van der Waals surface area contributed by atoms with E-state index in [0.29, 0.717) is 57.7 Å². The molecule has 0 aliphatic heterocycles. The fourth-order valence-electron chi connectivity index (χ4n) is 12.7. The lowest BCUT2D eigenvalue weighted by atomic mass is 9.59. The van der Waals surface area contributed by atoms with Crippen LogP contribution in [-0.4, -0.2) is 59.9 Å². The molecule has 324 valence electrons. The molecule has 0 radical (unpaired) electrons. The molecule has 6 aromatic heterocycles. The molecular weight excluding hydrogens is 967 g/mol. The number of halogens is 4. The fraction of sp³-hybridized carbons (Fsp3) is 0.333. The molecule has 0 spiro atoms. The molecule has 0 amide bonds. The number of alkyl halides is 4. The molecule has 0 saturated heterocycles. The molecule has 8 nitrogen and oxygen atoms in total. The van der Waals surface area contributed by atoms with E-state index in [1.807, 2.05) is 12.1 Å². The van der Waals surface area contributed by atoms with Crippen molar-refractivity contribution in [3.8, 4) is 40.4 Å². The summed E-state index contributed by atoms with van der Waals surface area (Å²) in [5, 5.41) is 4.19. The van der Waals surface area contributed by atoms with Gasteiger partial charge in [-0.25, -0.2) is 19.9 Å². The van der Waals surface area contributed by atoms with Crippen molar-refractivity contribution in [2.75, 3.05) is 28.4 Å². The molecule has 64 heavy (non-hydrogen) atoms. The second-order valence-corrected chi connectivity index (χ2v) is 23.8. The Labute approximate surface area is 404 Å². The van der Waals surface area contributed by atoms with E-state index in [9.17, 15) is 0 Å². The van der Waals surface area contributed by atoms with Gasteiger partial charge in [0.15, 0.2) is 0 Å². The van der Waals surface area contributed by atoms with Crippen molar-refractivity contribution in [2.45, 2.75) is 43.9 Å². The van der Waals surface area contributed by atoms with Gasteiger partial charge in [-0.1, -0.05) is 24.3 Å². The van der Waals surface area contributed by atoms with Gasteiger partial charge in [0, 0.05) is 57.7 Å². The second kappa shape index (κ2) is 13.8. The number of methoxy groups -OCH3 is 4. The number of rotatable bonds is 8. The largest absolute Gasteiger partial charge is 0.349 e. The molecule has 6 heterocycles. The lowest BCUT2D eigenvalue weighted by Gasteiger charge is -2.49. The topological polar surface area (TPSA) is 88.5 Å². The Balaban J connectivity index is 0.937. The number of hydrogen-bond donors (Lipinski definition) is 0.